The van der Waals surface area contributed by atoms with Crippen LogP contribution in [0.3, 0.4) is 0 Å². The van der Waals surface area contributed by atoms with E-state index in [2.05, 4.69) is 64.2 Å². The molecular weight excluding hydrogens is 462 g/mol. The Kier molecular flexibility index (Phi) is 7.97. The Morgan fingerprint density at radius 2 is 1.88 bits per heavy atom. The van der Waals surface area contributed by atoms with Gasteiger partial charge in [0.25, 0.3) is 0 Å². The molecule has 178 valence electrons. The summed E-state index contributed by atoms with van der Waals surface area (Å²) >= 11 is 3.05. The van der Waals surface area contributed by atoms with Gasteiger partial charge >= 0.3 is 0 Å². The summed E-state index contributed by atoms with van der Waals surface area (Å²) in [7, 11) is 0. The van der Waals surface area contributed by atoms with Crippen molar-refractivity contribution in [3.63, 3.8) is 0 Å². The van der Waals surface area contributed by atoms with Crippen LogP contribution in [0.25, 0.3) is 26.8 Å². The molecule has 0 spiro atoms. The Labute approximate surface area is 210 Å². The second-order valence-corrected chi connectivity index (χ2v) is 11.0. The monoisotopic (exact) mass is 493 g/mol. The van der Waals surface area contributed by atoms with Crippen molar-refractivity contribution in [3.8, 4) is 16.5 Å². The average molecular weight is 494 g/mol. The Balaban J connectivity index is 1.53. The number of morpholine rings is 1. The SMILES string of the molecule is C/C(=C(/C#N)SNC(C)(C)CCO)c1ccc(-c2ccc3cc(N4CCOCC4)ccc3c2)s1. The summed E-state index contributed by atoms with van der Waals surface area (Å²) < 4.78 is 8.80. The van der Waals surface area contributed by atoms with E-state index < -0.39 is 0 Å². The molecule has 1 saturated heterocycles. The molecule has 1 aliphatic rings. The quantitative estimate of drug-likeness (QED) is 0.294. The van der Waals surface area contributed by atoms with Gasteiger partial charge in [0.15, 0.2) is 0 Å². The number of thiophene rings is 1. The van der Waals surface area contributed by atoms with Gasteiger partial charge in [-0.3, -0.25) is 4.72 Å². The molecule has 5 nitrogen and oxygen atoms in total. The van der Waals surface area contributed by atoms with Gasteiger partial charge in [0.1, 0.15) is 11.0 Å². The van der Waals surface area contributed by atoms with E-state index >= 15 is 0 Å². The van der Waals surface area contributed by atoms with Crippen molar-refractivity contribution in [2.75, 3.05) is 37.8 Å². The van der Waals surface area contributed by atoms with Gasteiger partial charge in [-0.1, -0.05) is 18.2 Å². The number of allylic oxidation sites excluding steroid dienone is 2. The van der Waals surface area contributed by atoms with E-state index in [1.807, 2.05) is 20.8 Å². The molecule has 3 aromatic rings. The van der Waals surface area contributed by atoms with Gasteiger partial charge < -0.3 is 14.7 Å². The lowest BCUT2D eigenvalue weighted by Gasteiger charge is -2.29. The molecule has 0 unspecified atom stereocenters. The van der Waals surface area contributed by atoms with Crippen LogP contribution in [0.5, 0.6) is 0 Å². The fraction of sp³-hybridized carbons (Fsp3) is 0.370. The third-order valence-corrected chi connectivity index (χ3v) is 8.58. The number of anilines is 1. The highest BCUT2D eigenvalue weighted by atomic mass is 32.2. The molecule has 0 atom stereocenters. The zero-order chi connectivity index (χ0) is 24.1. The topological polar surface area (TPSA) is 68.5 Å². The maximum Gasteiger partial charge on any atom is 0.108 e. The number of nitrogens with zero attached hydrogens (tertiary/aromatic N) is 2. The van der Waals surface area contributed by atoms with E-state index in [9.17, 15) is 10.4 Å². The fourth-order valence-corrected chi connectivity index (χ4v) is 5.78. The molecular formula is C27H31N3O2S2. The number of hydrogen-bond acceptors (Lipinski definition) is 7. The van der Waals surface area contributed by atoms with Crippen LogP contribution in [0.1, 0.15) is 32.1 Å². The highest BCUT2D eigenvalue weighted by Gasteiger charge is 2.19. The number of fused-ring (bicyclic) bond motifs is 1. The lowest BCUT2D eigenvalue weighted by molar-refractivity contribution is 0.122. The molecule has 1 aliphatic heterocycles. The summed E-state index contributed by atoms with van der Waals surface area (Å²) in [4.78, 5) is 5.30. The van der Waals surface area contributed by atoms with Gasteiger partial charge in [0, 0.05) is 40.7 Å². The molecule has 0 saturated carbocycles. The van der Waals surface area contributed by atoms with Crippen LogP contribution in [0.15, 0.2) is 53.4 Å². The largest absolute Gasteiger partial charge is 0.396 e. The van der Waals surface area contributed by atoms with Crippen LogP contribution in [0.4, 0.5) is 5.69 Å². The summed E-state index contributed by atoms with van der Waals surface area (Å²) in [6, 6.07) is 19.8. The first-order valence-electron chi connectivity index (χ1n) is 11.5. The zero-order valence-corrected chi connectivity index (χ0v) is 21.6. The van der Waals surface area contributed by atoms with E-state index in [4.69, 9.17) is 4.74 Å². The summed E-state index contributed by atoms with van der Waals surface area (Å²) in [6.45, 7) is 9.59. The van der Waals surface area contributed by atoms with Crippen LogP contribution < -0.4 is 9.62 Å². The van der Waals surface area contributed by atoms with Gasteiger partial charge in [-0.2, -0.15) is 5.26 Å². The van der Waals surface area contributed by atoms with Gasteiger partial charge in [-0.15, -0.1) is 11.3 Å². The molecule has 2 aromatic carbocycles. The molecule has 4 rings (SSSR count). The van der Waals surface area contributed by atoms with E-state index in [1.165, 1.54) is 38.8 Å². The number of nitriles is 1. The van der Waals surface area contributed by atoms with E-state index in [0.29, 0.717) is 11.3 Å². The second-order valence-electron chi connectivity index (χ2n) is 9.14. The summed E-state index contributed by atoms with van der Waals surface area (Å²) in [5, 5.41) is 21.4. The summed E-state index contributed by atoms with van der Waals surface area (Å²) in [5.41, 5.74) is 3.14. The Bertz CT molecular complexity index is 1220. The lowest BCUT2D eigenvalue weighted by Crippen LogP contribution is -2.36. The normalized spacial score (nSPS) is 15.3. The first-order chi connectivity index (χ1) is 16.4. The Hall–Kier alpha value is -2.34. The number of hydrogen-bond donors (Lipinski definition) is 2. The molecule has 1 aromatic heterocycles. The Morgan fingerprint density at radius 1 is 1.15 bits per heavy atom. The van der Waals surface area contributed by atoms with Gasteiger partial charge in [0.2, 0.25) is 0 Å². The average Bonchev–Trinajstić information content (AvgIpc) is 3.34. The molecule has 0 radical (unpaired) electrons. The predicted molar refractivity (Wildman–Crippen MR) is 145 cm³/mol. The number of benzene rings is 2. The minimum absolute atomic E-state index is 0.111. The molecule has 0 amide bonds. The number of rotatable bonds is 8. The van der Waals surface area contributed by atoms with Crippen molar-refractivity contribution >= 4 is 45.3 Å². The first kappa shape index (κ1) is 24.8. The fourth-order valence-electron chi connectivity index (χ4n) is 3.91. The van der Waals surface area contributed by atoms with Crippen molar-refractivity contribution in [1.29, 1.82) is 5.26 Å². The van der Waals surface area contributed by atoms with E-state index in [1.54, 1.807) is 11.3 Å². The number of aliphatic hydroxyl groups excluding tert-OH is 1. The van der Waals surface area contributed by atoms with Crippen LogP contribution in [0, 0.1) is 11.3 Å². The first-order valence-corrected chi connectivity index (χ1v) is 13.2. The smallest absolute Gasteiger partial charge is 0.108 e. The van der Waals surface area contributed by atoms with E-state index in [-0.39, 0.29) is 12.1 Å². The summed E-state index contributed by atoms with van der Waals surface area (Å²) in [6.07, 6.45) is 0.622. The number of nitrogens with one attached hydrogen (secondary N) is 1. The molecule has 0 aliphatic carbocycles. The van der Waals surface area contributed by atoms with Crippen LogP contribution in [-0.4, -0.2) is 43.6 Å². The maximum atomic E-state index is 9.72. The van der Waals surface area contributed by atoms with Gasteiger partial charge in [0.05, 0.1) is 13.2 Å². The lowest BCUT2D eigenvalue weighted by atomic mass is 10.0. The standard InChI is InChI=1S/C27H31N3O2S2/c1-19(26(18-28)34-29-27(2,3)10-13-31)24-8-9-25(33-24)22-5-4-21-17-23(7-6-20(21)16-22)30-11-14-32-15-12-30/h4-9,16-17,29,31H,10-15H2,1-3H3/b26-19+. The number of ether oxygens (including phenoxy) is 1. The molecule has 1 fully saturated rings. The van der Waals surface area contributed by atoms with Crippen molar-refractivity contribution in [2.24, 2.45) is 0 Å². The van der Waals surface area contributed by atoms with Gasteiger partial charge in [-0.05, 0) is 91.4 Å². The molecule has 2 N–H and O–H groups in total. The number of aliphatic hydroxyl groups is 1. The molecule has 0 bridgehead atoms. The van der Waals surface area contributed by atoms with Crippen molar-refractivity contribution in [1.82, 2.24) is 4.72 Å². The molecule has 2 heterocycles. The van der Waals surface area contributed by atoms with Crippen LogP contribution in [0.2, 0.25) is 0 Å². The highest BCUT2D eigenvalue weighted by molar-refractivity contribution is 8.01. The van der Waals surface area contributed by atoms with Crippen molar-refractivity contribution < 1.29 is 9.84 Å². The van der Waals surface area contributed by atoms with Crippen molar-refractivity contribution in [2.45, 2.75) is 32.7 Å². The van der Waals surface area contributed by atoms with Crippen LogP contribution in [-0.2, 0) is 4.74 Å². The minimum Gasteiger partial charge on any atom is -0.396 e. The third kappa shape index (κ3) is 5.83. The molecule has 34 heavy (non-hydrogen) atoms. The highest BCUT2D eigenvalue weighted by Crippen LogP contribution is 2.36. The van der Waals surface area contributed by atoms with Crippen LogP contribution >= 0.6 is 23.3 Å². The molecule has 7 heteroatoms. The zero-order valence-electron chi connectivity index (χ0n) is 19.9. The third-order valence-electron chi connectivity index (χ3n) is 6.07. The summed E-state index contributed by atoms with van der Waals surface area (Å²) in [5.74, 6) is 0. The predicted octanol–water partition coefficient (Wildman–Crippen LogP) is 6.06. The van der Waals surface area contributed by atoms with Crippen molar-refractivity contribution in [3.05, 3.63) is 58.3 Å². The second kappa shape index (κ2) is 10.9. The van der Waals surface area contributed by atoms with Gasteiger partial charge in [-0.25, -0.2) is 0 Å². The maximum absolute atomic E-state index is 9.72. The minimum atomic E-state index is -0.255. The Morgan fingerprint density at radius 3 is 2.62 bits per heavy atom. The van der Waals surface area contributed by atoms with E-state index in [0.717, 1.165) is 36.8 Å².